The van der Waals surface area contributed by atoms with Gasteiger partial charge >= 0.3 is 5.97 Å². The number of carboxylic acid groups (broad SMARTS) is 1. The average molecular weight is 338 g/mol. The number of aromatic carboxylic acids is 1. The van der Waals surface area contributed by atoms with Gasteiger partial charge in [0.1, 0.15) is 5.69 Å². The van der Waals surface area contributed by atoms with Crippen LogP contribution in [-0.4, -0.2) is 26.4 Å². The third kappa shape index (κ3) is 3.18. The second-order valence-electron chi connectivity index (χ2n) is 5.31. The molecule has 0 saturated carbocycles. The predicted molar refractivity (Wildman–Crippen MR) is 90.8 cm³/mol. The van der Waals surface area contributed by atoms with Crippen molar-refractivity contribution in [1.82, 2.24) is 10.2 Å². The highest BCUT2D eigenvalue weighted by Gasteiger charge is 2.12. The molecule has 0 atom stereocenters. The first-order valence-electron chi connectivity index (χ1n) is 7.32. The summed E-state index contributed by atoms with van der Waals surface area (Å²) >= 11 is 0. The quantitative estimate of drug-likeness (QED) is 0.542. The van der Waals surface area contributed by atoms with E-state index in [1.54, 1.807) is 37.3 Å². The Morgan fingerprint density at radius 3 is 2.52 bits per heavy atom. The number of H-pyrrole nitrogens is 2. The number of phenolic OH excluding ortho intramolecular Hbond substituents is 1. The number of hydrogen-bond acceptors (Lipinski definition) is 5. The lowest BCUT2D eigenvalue weighted by Gasteiger charge is -2.07. The monoisotopic (exact) mass is 338 g/mol. The molecule has 8 heteroatoms. The molecule has 0 unspecified atom stereocenters. The van der Waals surface area contributed by atoms with Crippen LogP contribution in [0.5, 0.6) is 5.75 Å². The first kappa shape index (κ1) is 16.2. The van der Waals surface area contributed by atoms with Crippen LogP contribution in [0.4, 0.5) is 11.4 Å². The Labute approximate surface area is 141 Å². The number of aromatic hydroxyl groups is 1. The van der Waals surface area contributed by atoms with Crippen molar-refractivity contribution in [2.75, 3.05) is 0 Å². The lowest BCUT2D eigenvalue weighted by molar-refractivity contribution is 0.0697. The molecule has 8 nitrogen and oxygen atoms in total. The third-order valence-corrected chi connectivity index (χ3v) is 3.63. The van der Waals surface area contributed by atoms with E-state index in [4.69, 9.17) is 5.11 Å². The summed E-state index contributed by atoms with van der Waals surface area (Å²) in [4.78, 5) is 22.7. The second-order valence-corrected chi connectivity index (χ2v) is 5.31. The van der Waals surface area contributed by atoms with Crippen molar-refractivity contribution < 1.29 is 15.0 Å². The van der Waals surface area contributed by atoms with E-state index < -0.39 is 11.5 Å². The molecule has 1 aromatic heterocycles. The van der Waals surface area contributed by atoms with E-state index in [2.05, 4.69) is 20.4 Å². The maximum Gasteiger partial charge on any atom is 0.335 e. The van der Waals surface area contributed by atoms with Crippen LogP contribution in [0, 0.1) is 6.92 Å². The summed E-state index contributed by atoms with van der Waals surface area (Å²) in [5, 5.41) is 32.4. The molecule has 0 radical (unpaired) electrons. The van der Waals surface area contributed by atoms with E-state index in [0.717, 1.165) is 0 Å². The van der Waals surface area contributed by atoms with Gasteiger partial charge in [0, 0.05) is 5.56 Å². The number of aromatic amines is 2. The maximum atomic E-state index is 11.6. The van der Waals surface area contributed by atoms with E-state index in [9.17, 15) is 14.7 Å². The van der Waals surface area contributed by atoms with Crippen LogP contribution in [-0.2, 0) is 0 Å². The molecule has 4 N–H and O–H groups in total. The van der Waals surface area contributed by atoms with Crippen molar-refractivity contribution in [3.05, 3.63) is 64.1 Å². The fourth-order valence-electron chi connectivity index (χ4n) is 2.33. The topological polar surface area (TPSA) is 131 Å². The lowest BCUT2D eigenvalue weighted by Crippen LogP contribution is -1.96. The van der Waals surface area contributed by atoms with Gasteiger partial charge in [0.15, 0.2) is 11.4 Å². The molecule has 0 aliphatic heterocycles. The van der Waals surface area contributed by atoms with Gasteiger partial charge in [-0.15, -0.1) is 10.2 Å². The highest BCUT2D eigenvalue weighted by atomic mass is 16.4. The van der Waals surface area contributed by atoms with Crippen LogP contribution in [0.1, 0.15) is 16.1 Å². The number of para-hydroxylation sites is 1. The van der Waals surface area contributed by atoms with Gasteiger partial charge in [-0.05, 0) is 30.7 Å². The molecule has 1 heterocycles. The van der Waals surface area contributed by atoms with Crippen LogP contribution in [0.25, 0.3) is 11.1 Å². The third-order valence-electron chi connectivity index (χ3n) is 3.63. The molecule has 0 aliphatic carbocycles. The molecule has 3 aromatic rings. The summed E-state index contributed by atoms with van der Waals surface area (Å²) in [7, 11) is 0. The Morgan fingerprint density at radius 2 is 1.84 bits per heavy atom. The molecule has 0 fully saturated rings. The number of rotatable bonds is 4. The van der Waals surface area contributed by atoms with Crippen LogP contribution < -0.4 is 5.56 Å². The number of aryl methyl sites for hydroxylation is 1. The molecular formula is C17H14N4O4. The van der Waals surface area contributed by atoms with Gasteiger partial charge in [0.2, 0.25) is 0 Å². The standard InChI is InChI=1S/C17H14N4O4/c1-9-14(16(23)21-18-9)20-19-13-7-3-6-12(15(13)22)10-4-2-5-11(8-10)17(24)25/h2-8,22H,1H3,(H,24,25)(H2,18,21,23). The Bertz CT molecular complexity index is 1030. The number of phenols is 1. The zero-order chi connectivity index (χ0) is 18.0. The van der Waals surface area contributed by atoms with Gasteiger partial charge < -0.3 is 15.3 Å². The summed E-state index contributed by atoms with van der Waals surface area (Å²) in [6, 6.07) is 11.0. The number of carbonyl (C=O) groups is 1. The van der Waals surface area contributed by atoms with E-state index >= 15 is 0 Å². The van der Waals surface area contributed by atoms with E-state index in [0.29, 0.717) is 16.8 Å². The summed E-state index contributed by atoms with van der Waals surface area (Å²) in [6.07, 6.45) is 0. The first-order chi connectivity index (χ1) is 12.0. The number of carboxylic acids is 1. The predicted octanol–water partition coefficient (Wildman–Crippen LogP) is 3.50. The zero-order valence-electron chi connectivity index (χ0n) is 13.1. The van der Waals surface area contributed by atoms with Gasteiger partial charge in [0.25, 0.3) is 5.56 Å². The maximum absolute atomic E-state index is 11.6. The number of aromatic nitrogens is 2. The molecule has 3 rings (SSSR count). The van der Waals surface area contributed by atoms with Crippen molar-refractivity contribution in [1.29, 1.82) is 0 Å². The lowest BCUT2D eigenvalue weighted by atomic mass is 10.0. The summed E-state index contributed by atoms with van der Waals surface area (Å²) in [6.45, 7) is 1.67. The minimum Gasteiger partial charge on any atom is -0.505 e. The molecule has 2 aromatic carbocycles. The molecule has 0 saturated heterocycles. The van der Waals surface area contributed by atoms with Crippen molar-refractivity contribution in [2.45, 2.75) is 6.92 Å². The normalized spacial score (nSPS) is 11.1. The van der Waals surface area contributed by atoms with Crippen molar-refractivity contribution in [3.8, 4) is 16.9 Å². The van der Waals surface area contributed by atoms with Crippen LogP contribution >= 0.6 is 0 Å². The molecule has 0 bridgehead atoms. The Hall–Kier alpha value is -3.68. The molecule has 0 aliphatic rings. The Kier molecular flexibility index (Phi) is 4.17. The highest BCUT2D eigenvalue weighted by molar-refractivity contribution is 5.90. The number of hydrogen-bond donors (Lipinski definition) is 4. The SMILES string of the molecule is Cc1[nH][nH]c(=O)c1N=Nc1cccc(-c2cccc(C(=O)O)c2)c1O. The molecule has 0 spiro atoms. The van der Waals surface area contributed by atoms with Gasteiger partial charge in [-0.2, -0.15) is 0 Å². The van der Waals surface area contributed by atoms with Crippen molar-refractivity contribution in [2.24, 2.45) is 10.2 Å². The Morgan fingerprint density at radius 1 is 1.08 bits per heavy atom. The number of nitrogens with zero attached hydrogens (tertiary/aromatic N) is 2. The van der Waals surface area contributed by atoms with Crippen LogP contribution in [0.2, 0.25) is 0 Å². The minimum atomic E-state index is -1.06. The van der Waals surface area contributed by atoms with E-state index in [1.807, 2.05) is 0 Å². The van der Waals surface area contributed by atoms with E-state index in [-0.39, 0.29) is 22.7 Å². The number of nitrogens with one attached hydrogen (secondary N) is 2. The van der Waals surface area contributed by atoms with Crippen LogP contribution in [0.3, 0.4) is 0 Å². The molecule has 25 heavy (non-hydrogen) atoms. The fourth-order valence-corrected chi connectivity index (χ4v) is 2.33. The van der Waals surface area contributed by atoms with E-state index in [1.165, 1.54) is 12.1 Å². The number of azo groups is 1. The summed E-state index contributed by atoms with van der Waals surface area (Å²) < 4.78 is 0. The molecule has 0 amide bonds. The second kappa shape index (κ2) is 6.44. The molecular weight excluding hydrogens is 324 g/mol. The largest absolute Gasteiger partial charge is 0.505 e. The van der Waals surface area contributed by atoms with Gasteiger partial charge in [-0.3, -0.25) is 9.89 Å². The first-order valence-corrected chi connectivity index (χ1v) is 7.32. The average Bonchev–Trinajstić information content (AvgIpc) is 2.92. The smallest absolute Gasteiger partial charge is 0.335 e. The summed E-state index contributed by atoms with van der Waals surface area (Å²) in [5.41, 5.74) is 1.46. The van der Waals surface area contributed by atoms with Crippen molar-refractivity contribution in [3.63, 3.8) is 0 Å². The van der Waals surface area contributed by atoms with Crippen LogP contribution in [0.15, 0.2) is 57.5 Å². The molecule has 126 valence electrons. The fraction of sp³-hybridized carbons (Fsp3) is 0.0588. The van der Waals surface area contributed by atoms with Crippen molar-refractivity contribution >= 4 is 17.3 Å². The Balaban J connectivity index is 2.02. The number of benzene rings is 2. The zero-order valence-corrected chi connectivity index (χ0v) is 13.1. The van der Waals surface area contributed by atoms with Gasteiger partial charge in [-0.1, -0.05) is 24.3 Å². The summed E-state index contributed by atoms with van der Waals surface area (Å²) in [5.74, 6) is -1.21. The minimum absolute atomic E-state index is 0.110. The van der Waals surface area contributed by atoms with Gasteiger partial charge in [-0.25, -0.2) is 4.79 Å². The highest BCUT2D eigenvalue weighted by Crippen LogP contribution is 2.37. The van der Waals surface area contributed by atoms with Gasteiger partial charge in [0.05, 0.1) is 11.3 Å².